The Bertz CT molecular complexity index is 340. The van der Waals surface area contributed by atoms with E-state index in [1.807, 2.05) is 41.5 Å². The van der Waals surface area contributed by atoms with Crippen LogP contribution in [0.2, 0.25) is 0 Å². The molecule has 18 heavy (non-hydrogen) atoms. The van der Waals surface area contributed by atoms with E-state index in [9.17, 15) is 9.59 Å². The average Bonchev–Trinajstić information content (AvgIpc) is 2.29. The molecule has 0 radical (unpaired) electrons. The highest BCUT2D eigenvalue weighted by molar-refractivity contribution is 6.00. The lowest BCUT2D eigenvalue weighted by atomic mass is 9.84. The van der Waals surface area contributed by atoms with Crippen LogP contribution in [0.1, 0.15) is 60.8 Å². The van der Waals surface area contributed by atoms with Gasteiger partial charge in [0.15, 0.2) is 0 Å². The van der Waals surface area contributed by atoms with Gasteiger partial charge in [0.1, 0.15) is 11.6 Å². The Labute approximate surface area is 110 Å². The standard InChI is InChI=1S/C14H26N2O2/c1-7-10-11(17)15-14(8-2,9-3)12(18)16(10)13(4,5)6/h10H,7-9H2,1-6H3,(H,15,17). The van der Waals surface area contributed by atoms with Crippen molar-refractivity contribution in [3.63, 3.8) is 0 Å². The third-order valence-electron chi connectivity index (χ3n) is 3.92. The van der Waals surface area contributed by atoms with Crippen LogP contribution in [0.4, 0.5) is 0 Å². The summed E-state index contributed by atoms with van der Waals surface area (Å²) in [6, 6.07) is -0.344. The molecule has 0 aromatic rings. The molecule has 0 aliphatic carbocycles. The first-order valence-electron chi connectivity index (χ1n) is 6.89. The predicted octanol–water partition coefficient (Wildman–Crippen LogP) is 2.08. The predicted molar refractivity (Wildman–Crippen MR) is 72.1 cm³/mol. The largest absolute Gasteiger partial charge is 0.340 e. The van der Waals surface area contributed by atoms with E-state index in [1.54, 1.807) is 4.90 Å². The molecule has 1 rings (SSSR count). The Hall–Kier alpha value is -1.06. The summed E-state index contributed by atoms with van der Waals surface area (Å²) in [5, 5.41) is 2.95. The van der Waals surface area contributed by atoms with Crippen molar-refractivity contribution in [1.82, 2.24) is 10.2 Å². The molecule has 0 aromatic carbocycles. The SMILES string of the molecule is CCC1C(=O)NC(CC)(CC)C(=O)N1C(C)(C)C. The molecular formula is C14H26N2O2. The Kier molecular flexibility index (Phi) is 4.08. The summed E-state index contributed by atoms with van der Waals surface area (Å²) in [6.45, 7) is 11.8. The van der Waals surface area contributed by atoms with Gasteiger partial charge in [-0.25, -0.2) is 0 Å². The van der Waals surface area contributed by atoms with Gasteiger partial charge in [-0.05, 0) is 40.0 Å². The van der Waals surface area contributed by atoms with Gasteiger partial charge in [-0.15, -0.1) is 0 Å². The summed E-state index contributed by atoms with van der Waals surface area (Å²) in [4.78, 5) is 26.8. The average molecular weight is 254 g/mol. The molecule has 1 N–H and O–H groups in total. The van der Waals surface area contributed by atoms with Crippen molar-refractivity contribution in [2.24, 2.45) is 0 Å². The summed E-state index contributed by atoms with van der Waals surface area (Å²) in [7, 11) is 0. The molecule has 0 bridgehead atoms. The summed E-state index contributed by atoms with van der Waals surface area (Å²) < 4.78 is 0. The highest BCUT2D eigenvalue weighted by Gasteiger charge is 2.51. The fourth-order valence-corrected chi connectivity index (χ4v) is 2.73. The van der Waals surface area contributed by atoms with E-state index in [0.29, 0.717) is 19.3 Å². The summed E-state index contributed by atoms with van der Waals surface area (Å²) >= 11 is 0. The zero-order chi connectivity index (χ0) is 14.1. The molecule has 4 heteroatoms. The third-order valence-corrected chi connectivity index (χ3v) is 3.92. The van der Waals surface area contributed by atoms with Crippen molar-refractivity contribution >= 4 is 11.8 Å². The van der Waals surface area contributed by atoms with Crippen LogP contribution in [0.15, 0.2) is 0 Å². The first-order chi connectivity index (χ1) is 8.23. The lowest BCUT2D eigenvalue weighted by Crippen LogP contribution is -2.73. The Morgan fingerprint density at radius 3 is 2.00 bits per heavy atom. The summed E-state index contributed by atoms with van der Waals surface area (Å²) in [5.74, 6) is 0.0437. The second-order valence-corrected chi connectivity index (χ2v) is 6.05. The first kappa shape index (κ1) is 15.0. The molecule has 4 nitrogen and oxygen atoms in total. The highest BCUT2D eigenvalue weighted by Crippen LogP contribution is 2.31. The minimum atomic E-state index is -0.712. The van der Waals surface area contributed by atoms with Crippen molar-refractivity contribution in [2.75, 3.05) is 0 Å². The normalized spacial score (nSPS) is 24.1. The quantitative estimate of drug-likeness (QED) is 0.838. The van der Waals surface area contributed by atoms with Crippen molar-refractivity contribution in [1.29, 1.82) is 0 Å². The van der Waals surface area contributed by atoms with Crippen molar-refractivity contribution < 1.29 is 9.59 Å². The molecule has 104 valence electrons. The van der Waals surface area contributed by atoms with Gasteiger partial charge in [-0.2, -0.15) is 0 Å². The molecule has 1 atom stereocenters. The fourth-order valence-electron chi connectivity index (χ4n) is 2.73. The molecule has 1 aliphatic heterocycles. The van der Waals surface area contributed by atoms with Gasteiger partial charge < -0.3 is 10.2 Å². The maximum atomic E-state index is 12.8. The highest BCUT2D eigenvalue weighted by atomic mass is 16.2. The van der Waals surface area contributed by atoms with Crippen molar-refractivity contribution in [3.05, 3.63) is 0 Å². The molecule has 1 unspecified atom stereocenters. The minimum Gasteiger partial charge on any atom is -0.340 e. The van der Waals surface area contributed by atoms with Crippen LogP contribution < -0.4 is 5.32 Å². The van der Waals surface area contributed by atoms with Crippen molar-refractivity contribution in [3.8, 4) is 0 Å². The maximum absolute atomic E-state index is 12.8. The number of carbonyl (C=O) groups is 2. The van der Waals surface area contributed by atoms with Crippen LogP contribution in [0.25, 0.3) is 0 Å². The van der Waals surface area contributed by atoms with Gasteiger partial charge in [0, 0.05) is 5.54 Å². The maximum Gasteiger partial charge on any atom is 0.249 e. The van der Waals surface area contributed by atoms with E-state index in [1.165, 1.54) is 0 Å². The fraction of sp³-hybridized carbons (Fsp3) is 0.857. The Morgan fingerprint density at radius 1 is 1.17 bits per heavy atom. The molecule has 0 spiro atoms. The lowest BCUT2D eigenvalue weighted by Gasteiger charge is -2.50. The lowest BCUT2D eigenvalue weighted by molar-refractivity contribution is -0.161. The molecule has 1 aliphatic rings. The molecular weight excluding hydrogens is 228 g/mol. The first-order valence-corrected chi connectivity index (χ1v) is 6.89. The minimum absolute atomic E-state index is 0.0178. The van der Waals surface area contributed by atoms with Gasteiger partial charge in [-0.1, -0.05) is 20.8 Å². The number of hydrogen-bond donors (Lipinski definition) is 1. The van der Waals surface area contributed by atoms with Gasteiger partial charge in [0.2, 0.25) is 11.8 Å². The summed E-state index contributed by atoms with van der Waals surface area (Å²) in [6.07, 6.45) is 1.92. The number of piperazine rings is 1. The smallest absolute Gasteiger partial charge is 0.249 e. The van der Waals surface area contributed by atoms with E-state index in [-0.39, 0.29) is 23.4 Å². The van der Waals surface area contributed by atoms with Gasteiger partial charge in [0.05, 0.1) is 0 Å². The number of carbonyl (C=O) groups excluding carboxylic acids is 2. The summed E-state index contributed by atoms with van der Waals surface area (Å²) in [5.41, 5.74) is -1.04. The molecule has 0 saturated carbocycles. The van der Waals surface area contributed by atoms with E-state index in [4.69, 9.17) is 0 Å². The van der Waals surface area contributed by atoms with Gasteiger partial charge in [-0.3, -0.25) is 9.59 Å². The van der Waals surface area contributed by atoms with Gasteiger partial charge >= 0.3 is 0 Å². The number of nitrogens with zero attached hydrogens (tertiary/aromatic N) is 1. The zero-order valence-electron chi connectivity index (χ0n) is 12.5. The monoisotopic (exact) mass is 254 g/mol. The zero-order valence-corrected chi connectivity index (χ0v) is 12.5. The van der Waals surface area contributed by atoms with Gasteiger partial charge in [0.25, 0.3) is 0 Å². The number of rotatable bonds is 3. The second kappa shape index (κ2) is 4.90. The number of amides is 2. The molecule has 1 saturated heterocycles. The third kappa shape index (κ3) is 2.25. The van der Waals surface area contributed by atoms with Crippen LogP contribution in [-0.2, 0) is 9.59 Å². The van der Waals surface area contributed by atoms with E-state index < -0.39 is 5.54 Å². The van der Waals surface area contributed by atoms with Crippen molar-refractivity contribution in [2.45, 2.75) is 77.9 Å². The van der Waals surface area contributed by atoms with E-state index in [2.05, 4.69) is 5.32 Å². The molecule has 0 aromatic heterocycles. The van der Waals surface area contributed by atoms with E-state index >= 15 is 0 Å². The number of nitrogens with one attached hydrogen (secondary N) is 1. The Morgan fingerprint density at radius 2 is 1.67 bits per heavy atom. The molecule has 1 fully saturated rings. The van der Waals surface area contributed by atoms with Crippen LogP contribution in [0.3, 0.4) is 0 Å². The number of hydrogen-bond acceptors (Lipinski definition) is 2. The van der Waals surface area contributed by atoms with Crippen LogP contribution in [0.5, 0.6) is 0 Å². The Balaban J connectivity index is 3.25. The van der Waals surface area contributed by atoms with Crippen LogP contribution >= 0.6 is 0 Å². The second-order valence-electron chi connectivity index (χ2n) is 6.05. The molecule has 1 heterocycles. The van der Waals surface area contributed by atoms with Crippen LogP contribution in [-0.4, -0.2) is 33.8 Å². The topological polar surface area (TPSA) is 49.4 Å². The van der Waals surface area contributed by atoms with E-state index in [0.717, 1.165) is 0 Å². The molecule has 2 amide bonds. The van der Waals surface area contributed by atoms with Crippen LogP contribution in [0, 0.1) is 0 Å².